The van der Waals surface area contributed by atoms with Gasteiger partial charge in [0.1, 0.15) is 0 Å². The van der Waals surface area contributed by atoms with Gasteiger partial charge in [-0.15, -0.1) is 0 Å². The number of aryl methyl sites for hydroxylation is 2. The van der Waals surface area contributed by atoms with Crippen molar-refractivity contribution in [2.24, 2.45) is 7.05 Å². The number of rotatable bonds is 3. The first-order valence-electron chi connectivity index (χ1n) is 8.50. The number of hydrogen-bond acceptors (Lipinski definition) is 3. The molecule has 0 aliphatic carbocycles. The van der Waals surface area contributed by atoms with Gasteiger partial charge in [0.2, 0.25) is 5.91 Å². The Balaban J connectivity index is 1.69. The lowest BCUT2D eigenvalue weighted by Gasteiger charge is -2.21. The second-order valence-electron chi connectivity index (χ2n) is 6.59. The molecule has 1 aromatic carbocycles. The zero-order valence-electron chi connectivity index (χ0n) is 14.6. The summed E-state index contributed by atoms with van der Waals surface area (Å²) < 4.78 is 1.87. The Hall–Kier alpha value is -2.14. The predicted molar refractivity (Wildman–Crippen MR) is 92.4 cm³/mol. The maximum absolute atomic E-state index is 12.7. The zero-order chi connectivity index (χ0) is 17.3. The van der Waals surface area contributed by atoms with Gasteiger partial charge in [0.05, 0.1) is 11.8 Å². The lowest BCUT2D eigenvalue weighted by molar-refractivity contribution is -0.131. The van der Waals surface area contributed by atoms with Crippen LogP contribution in [-0.4, -0.2) is 32.2 Å². The van der Waals surface area contributed by atoms with Gasteiger partial charge >= 0.3 is 0 Å². The van der Waals surface area contributed by atoms with E-state index in [2.05, 4.69) is 5.10 Å². The summed E-state index contributed by atoms with van der Waals surface area (Å²) in [6, 6.07) is 7.85. The number of fused-ring (bicyclic) bond motifs is 1. The number of aliphatic hydroxyl groups excluding tert-OH is 1. The number of carbonyl (C=O) groups is 1. The monoisotopic (exact) mass is 327 g/mol. The summed E-state index contributed by atoms with van der Waals surface area (Å²) >= 11 is 0. The van der Waals surface area contributed by atoms with Crippen LogP contribution in [0.2, 0.25) is 0 Å². The van der Waals surface area contributed by atoms with Crippen molar-refractivity contribution >= 4 is 5.91 Å². The first-order valence-corrected chi connectivity index (χ1v) is 8.50. The molecule has 0 bridgehead atoms. The number of benzene rings is 1. The van der Waals surface area contributed by atoms with Crippen molar-refractivity contribution in [1.29, 1.82) is 0 Å². The van der Waals surface area contributed by atoms with Gasteiger partial charge in [0, 0.05) is 32.3 Å². The average Bonchev–Trinajstić information content (AvgIpc) is 2.72. The topological polar surface area (TPSA) is 58.4 Å². The molecule has 0 fully saturated rings. The third kappa shape index (κ3) is 3.22. The van der Waals surface area contributed by atoms with Gasteiger partial charge in [0.25, 0.3) is 0 Å². The standard InChI is InChI=1S/C19H25N3O2/c1-13-16(14(2)21(3)20-13)8-9-19(24)22-11-10-18(23)17-7-5-4-6-15(17)12-22/h4-7,18,23H,8-12H2,1-3H3. The van der Waals surface area contributed by atoms with Crippen molar-refractivity contribution in [3.63, 3.8) is 0 Å². The van der Waals surface area contributed by atoms with E-state index in [1.807, 2.05) is 54.7 Å². The highest BCUT2D eigenvalue weighted by molar-refractivity contribution is 5.76. The van der Waals surface area contributed by atoms with Crippen molar-refractivity contribution in [2.75, 3.05) is 6.54 Å². The van der Waals surface area contributed by atoms with Crippen LogP contribution in [0.15, 0.2) is 24.3 Å². The van der Waals surface area contributed by atoms with Crippen LogP contribution in [0, 0.1) is 13.8 Å². The third-order valence-electron chi connectivity index (χ3n) is 5.05. The summed E-state index contributed by atoms with van der Waals surface area (Å²) in [5.74, 6) is 0.140. The molecule has 1 atom stereocenters. The van der Waals surface area contributed by atoms with Crippen LogP contribution in [0.3, 0.4) is 0 Å². The Morgan fingerprint density at radius 2 is 2.08 bits per heavy atom. The van der Waals surface area contributed by atoms with Gasteiger partial charge in [-0.1, -0.05) is 24.3 Å². The molecule has 3 rings (SSSR count). The molecule has 5 nitrogen and oxygen atoms in total. The van der Waals surface area contributed by atoms with Crippen LogP contribution < -0.4 is 0 Å². The molecule has 1 aromatic heterocycles. The average molecular weight is 327 g/mol. The van der Waals surface area contributed by atoms with Crippen LogP contribution in [-0.2, 0) is 24.8 Å². The minimum absolute atomic E-state index is 0.140. The van der Waals surface area contributed by atoms with E-state index in [4.69, 9.17) is 0 Å². The molecule has 5 heteroatoms. The molecule has 1 unspecified atom stereocenters. The molecule has 1 N–H and O–H groups in total. The number of aromatic nitrogens is 2. The van der Waals surface area contributed by atoms with Crippen LogP contribution >= 0.6 is 0 Å². The minimum atomic E-state index is -0.484. The fourth-order valence-corrected chi connectivity index (χ4v) is 3.50. The second kappa shape index (κ2) is 6.77. The largest absolute Gasteiger partial charge is 0.388 e. The summed E-state index contributed by atoms with van der Waals surface area (Å²) in [6.45, 7) is 5.21. The smallest absolute Gasteiger partial charge is 0.223 e. The Kier molecular flexibility index (Phi) is 4.71. The van der Waals surface area contributed by atoms with Gasteiger partial charge in [-0.3, -0.25) is 9.48 Å². The lowest BCUT2D eigenvalue weighted by Crippen LogP contribution is -2.31. The SMILES string of the molecule is Cc1nn(C)c(C)c1CCC(=O)N1CCC(O)c2ccccc2C1. The fraction of sp³-hybridized carbons (Fsp3) is 0.474. The molecule has 0 saturated heterocycles. The minimum Gasteiger partial charge on any atom is -0.388 e. The molecule has 0 spiro atoms. The maximum atomic E-state index is 12.7. The molecular formula is C19H25N3O2. The van der Waals surface area contributed by atoms with E-state index < -0.39 is 6.10 Å². The van der Waals surface area contributed by atoms with E-state index in [1.54, 1.807) is 0 Å². The van der Waals surface area contributed by atoms with E-state index in [-0.39, 0.29) is 5.91 Å². The van der Waals surface area contributed by atoms with E-state index >= 15 is 0 Å². The fourth-order valence-electron chi connectivity index (χ4n) is 3.50. The Morgan fingerprint density at radius 3 is 2.79 bits per heavy atom. The molecule has 24 heavy (non-hydrogen) atoms. The molecule has 1 amide bonds. The molecule has 1 aliphatic heterocycles. The van der Waals surface area contributed by atoms with Gasteiger partial charge < -0.3 is 10.0 Å². The summed E-state index contributed by atoms with van der Waals surface area (Å²) in [5.41, 5.74) is 5.29. The Bertz CT molecular complexity index is 751. The van der Waals surface area contributed by atoms with Gasteiger partial charge in [-0.05, 0) is 43.4 Å². The van der Waals surface area contributed by atoms with Crippen LogP contribution in [0.4, 0.5) is 0 Å². The van der Waals surface area contributed by atoms with E-state index in [0.29, 0.717) is 32.4 Å². The van der Waals surface area contributed by atoms with Crippen LogP contribution in [0.5, 0.6) is 0 Å². The summed E-state index contributed by atoms with van der Waals surface area (Å²) in [7, 11) is 1.93. The van der Waals surface area contributed by atoms with Crippen LogP contribution in [0.25, 0.3) is 0 Å². The van der Waals surface area contributed by atoms with E-state index in [9.17, 15) is 9.90 Å². The highest BCUT2D eigenvalue weighted by atomic mass is 16.3. The molecule has 2 aromatic rings. The normalized spacial score (nSPS) is 17.5. The Morgan fingerprint density at radius 1 is 1.33 bits per heavy atom. The van der Waals surface area contributed by atoms with Crippen LogP contribution in [0.1, 0.15) is 47.0 Å². The summed E-state index contributed by atoms with van der Waals surface area (Å²) in [5, 5.41) is 14.7. The Labute approximate surface area is 142 Å². The van der Waals surface area contributed by atoms with Gasteiger partial charge in [0.15, 0.2) is 0 Å². The third-order valence-corrected chi connectivity index (χ3v) is 5.05. The lowest BCUT2D eigenvalue weighted by atomic mass is 10.0. The highest BCUT2D eigenvalue weighted by Crippen LogP contribution is 2.27. The van der Waals surface area contributed by atoms with Gasteiger partial charge in [-0.2, -0.15) is 5.10 Å². The highest BCUT2D eigenvalue weighted by Gasteiger charge is 2.23. The molecule has 1 aliphatic rings. The predicted octanol–water partition coefficient (Wildman–Crippen LogP) is 2.44. The van der Waals surface area contributed by atoms with Crippen molar-refractivity contribution in [2.45, 2.75) is 45.8 Å². The summed E-state index contributed by atoms with van der Waals surface area (Å²) in [4.78, 5) is 14.6. The van der Waals surface area contributed by atoms with E-state index in [1.165, 1.54) is 5.56 Å². The number of aliphatic hydroxyl groups is 1. The summed E-state index contributed by atoms with van der Waals surface area (Å²) in [6.07, 6.45) is 1.30. The van der Waals surface area contributed by atoms with E-state index in [0.717, 1.165) is 22.5 Å². The molecule has 0 radical (unpaired) electrons. The number of nitrogens with zero attached hydrogens (tertiary/aromatic N) is 3. The first-order chi connectivity index (χ1) is 11.5. The van der Waals surface area contributed by atoms with Gasteiger partial charge in [-0.25, -0.2) is 0 Å². The van der Waals surface area contributed by atoms with Crippen molar-refractivity contribution in [1.82, 2.24) is 14.7 Å². The van der Waals surface area contributed by atoms with Crippen molar-refractivity contribution in [3.8, 4) is 0 Å². The maximum Gasteiger partial charge on any atom is 0.223 e. The first kappa shape index (κ1) is 16.7. The number of hydrogen-bond donors (Lipinski definition) is 1. The molecular weight excluding hydrogens is 302 g/mol. The number of carbonyl (C=O) groups excluding carboxylic acids is 1. The molecule has 0 saturated carbocycles. The molecule has 2 heterocycles. The van der Waals surface area contributed by atoms with Crippen molar-refractivity contribution < 1.29 is 9.90 Å². The zero-order valence-corrected chi connectivity index (χ0v) is 14.6. The second-order valence-corrected chi connectivity index (χ2v) is 6.59. The van der Waals surface area contributed by atoms with Crippen molar-refractivity contribution in [3.05, 3.63) is 52.3 Å². The number of amides is 1. The quantitative estimate of drug-likeness (QED) is 0.942. The molecule has 128 valence electrons.